The van der Waals surface area contributed by atoms with Gasteiger partial charge in [0.15, 0.2) is 0 Å². The number of rotatable bonds is 4. The number of carbonyl (C=O) groups excluding carboxylic acids is 1. The molecule has 0 unspecified atom stereocenters. The first-order valence-electron chi connectivity index (χ1n) is 9.22. The molecule has 7 nitrogen and oxygen atoms in total. The zero-order valence-electron chi connectivity index (χ0n) is 15.9. The average Bonchev–Trinajstić information content (AvgIpc) is 3.28. The lowest BCUT2D eigenvalue weighted by atomic mass is 10.1. The van der Waals surface area contributed by atoms with Crippen LogP contribution in [0.5, 0.6) is 0 Å². The fourth-order valence-corrected chi connectivity index (χ4v) is 3.44. The van der Waals surface area contributed by atoms with Gasteiger partial charge < -0.3 is 13.7 Å². The predicted molar refractivity (Wildman–Crippen MR) is 106 cm³/mol. The second-order valence-electron chi connectivity index (χ2n) is 6.98. The summed E-state index contributed by atoms with van der Waals surface area (Å²) in [5, 5.41) is 4.52. The van der Waals surface area contributed by atoms with Crippen molar-refractivity contribution in [2.24, 2.45) is 0 Å². The van der Waals surface area contributed by atoms with Gasteiger partial charge in [-0.1, -0.05) is 17.7 Å². The van der Waals surface area contributed by atoms with Gasteiger partial charge in [0.2, 0.25) is 5.89 Å². The van der Waals surface area contributed by atoms with Gasteiger partial charge in [-0.3, -0.25) is 9.69 Å². The van der Waals surface area contributed by atoms with E-state index in [1.807, 2.05) is 36.1 Å². The van der Waals surface area contributed by atoms with Crippen molar-refractivity contribution >= 4 is 18.1 Å². The normalized spacial score (nSPS) is 15.1. The Bertz CT molecular complexity index is 1030. The van der Waals surface area contributed by atoms with Crippen molar-refractivity contribution in [3.8, 4) is 11.5 Å². The van der Waals surface area contributed by atoms with Gasteiger partial charge in [0.25, 0.3) is 10.7 Å². The summed E-state index contributed by atoms with van der Waals surface area (Å²) in [6, 6.07) is 9.71. The minimum absolute atomic E-state index is 0.0191. The van der Waals surface area contributed by atoms with E-state index >= 15 is 0 Å². The molecule has 0 saturated carbocycles. The molecule has 1 aromatic carbocycles. The van der Waals surface area contributed by atoms with Gasteiger partial charge in [-0.15, -0.1) is 5.10 Å². The van der Waals surface area contributed by atoms with Crippen molar-refractivity contribution in [2.45, 2.75) is 20.5 Å². The van der Waals surface area contributed by atoms with E-state index in [4.69, 9.17) is 21.1 Å². The van der Waals surface area contributed by atoms with Crippen molar-refractivity contribution in [1.82, 2.24) is 19.6 Å². The Morgan fingerprint density at radius 3 is 2.46 bits per heavy atom. The first-order chi connectivity index (χ1) is 13.5. The minimum Gasteiger partial charge on any atom is -0.469 e. The number of furan rings is 1. The lowest BCUT2D eigenvalue weighted by molar-refractivity contribution is 0.0582. The van der Waals surface area contributed by atoms with E-state index in [0.717, 1.165) is 18.7 Å². The van der Waals surface area contributed by atoms with Crippen LogP contribution in [-0.4, -0.2) is 51.7 Å². The van der Waals surface area contributed by atoms with E-state index in [1.165, 1.54) is 5.56 Å². The zero-order chi connectivity index (χ0) is 19.7. The third-order valence-electron chi connectivity index (χ3n) is 4.99. The highest BCUT2D eigenvalue weighted by atomic mass is 32.1. The zero-order valence-corrected chi connectivity index (χ0v) is 16.7. The summed E-state index contributed by atoms with van der Waals surface area (Å²) in [6.07, 6.45) is 1.55. The van der Waals surface area contributed by atoms with Crippen LogP contribution in [0.15, 0.2) is 45.4 Å². The number of piperazine rings is 1. The molecule has 0 atom stereocenters. The maximum Gasteiger partial charge on any atom is 0.288 e. The van der Waals surface area contributed by atoms with Crippen LogP contribution < -0.4 is 0 Å². The van der Waals surface area contributed by atoms with Crippen LogP contribution in [0.4, 0.5) is 0 Å². The van der Waals surface area contributed by atoms with Crippen LogP contribution in [0, 0.1) is 18.7 Å². The molecule has 2 aromatic heterocycles. The summed E-state index contributed by atoms with van der Waals surface area (Å²) in [4.78, 5) is 17.0. The van der Waals surface area contributed by atoms with Crippen molar-refractivity contribution in [3.63, 3.8) is 0 Å². The molecular formula is C20H22N4O3S. The van der Waals surface area contributed by atoms with Crippen LogP contribution in [0.3, 0.4) is 0 Å². The first-order valence-corrected chi connectivity index (χ1v) is 9.63. The van der Waals surface area contributed by atoms with Crippen LogP contribution in [0.25, 0.3) is 11.5 Å². The van der Waals surface area contributed by atoms with E-state index in [0.29, 0.717) is 41.8 Å². The molecule has 0 radical (unpaired) electrons. The predicted octanol–water partition coefficient (Wildman–Crippen LogP) is 3.50. The number of nitrogens with zero attached hydrogens (tertiary/aromatic N) is 4. The number of hydrogen-bond acceptors (Lipinski definition) is 6. The minimum atomic E-state index is 0.0191. The largest absolute Gasteiger partial charge is 0.469 e. The Hall–Kier alpha value is -2.71. The number of benzene rings is 1. The summed E-state index contributed by atoms with van der Waals surface area (Å²) in [6.45, 7) is 7.19. The summed E-state index contributed by atoms with van der Waals surface area (Å²) in [5.41, 5.74) is 2.72. The van der Waals surface area contributed by atoms with Gasteiger partial charge >= 0.3 is 0 Å². The lowest BCUT2D eigenvalue weighted by Crippen LogP contribution is -2.49. The average molecular weight is 398 g/mol. The van der Waals surface area contributed by atoms with Gasteiger partial charge in [0.05, 0.1) is 18.5 Å². The van der Waals surface area contributed by atoms with Crippen LogP contribution in [0.2, 0.25) is 0 Å². The Labute approximate surface area is 168 Å². The number of aryl methyl sites for hydroxylation is 2. The first kappa shape index (κ1) is 18.6. The molecule has 28 heavy (non-hydrogen) atoms. The maximum absolute atomic E-state index is 12.6. The van der Waals surface area contributed by atoms with Gasteiger partial charge in [-0.25, -0.2) is 4.68 Å². The molecule has 1 fully saturated rings. The molecule has 4 rings (SSSR count). The standard InChI is InChI=1S/C20H22N4O3S/c1-14-3-5-16(6-4-14)18-21-24(20(28)27-18)13-22-8-10-23(11-9-22)19(25)17-7-12-26-15(17)2/h3-7,12H,8-11,13H2,1-2H3. The van der Waals surface area contributed by atoms with Crippen LogP contribution in [-0.2, 0) is 6.67 Å². The number of amides is 1. The van der Waals surface area contributed by atoms with Gasteiger partial charge in [-0.05, 0) is 44.3 Å². The SMILES string of the molecule is Cc1ccc(-c2nn(CN3CCN(C(=O)c4ccoc4C)CC3)c(=S)o2)cc1. The van der Waals surface area contributed by atoms with Crippen molar-refractivity contribution in [1.29, 1.82) is 0 Å². The van der Waals surface area contributed by atoms with E-state index in [-0.39, 0.29) is 5.91 Å². The molecule has 8 heteroatoms. The van der Waals surface area contributed by atoms with Gasteiger partial charge in [0.1, 0.15) is 5.76 Å². The van der Waals surface area contributed by atoms with Crippen molar-refractivity contribution in [3.05, 3.63) is 58.3 Å². The molecule has 1 aliphatic rings. The molecule has 0 spiro atoms. The third kappa shape index (κ3) is 3.79. The number of aromatic nitrogens is 2. The Kier molecular flexibility index (Phi) is 5.15. The van der Waals surface area contributed by atoms with Gasteiger partial charge in [-0.2, -0.15) is 0 Å². The topological polar surface area (TPSA) is 67.7 Å². The van der Waals surface area contributed by atoms with E-state index in [1.54, 1.807) is 23.9 Å². The second kappa shape index (κ2) is 7.73. The van der Waals surface area contributed by atoms with E-state index in [9.17, 15) is 4.79 Å². The Morgan fingerprint density at radius 1 is 1.11 bits per heavy atom. The van der Waals surface area contributed by atoms with E-state index < -0.39 is 0 Å². The molecule has 0 aliphatic carbocycles. The Balaban J connectivity index is 1.39. The van der Waals surface area contributed by atoms with Gasteiger partial charge in [0, 0.05) is 31.7 Å². The third-order valence-corrected chi connectivity index (χ3v) is 5.28. The highest BCUT2D eigenvalue weighted by Crippen LogP contribution is 2.19. The molecule has 1 aliphatic heterocycles. The summed E-state index contributed by atoms with van der Waals surface area (Å²) < 4.78 is 12.6. The quantitative estimate of drug-likeness (QED) is 0.627. The molecule has 0 N–H and O–H groups in total. The van der Waals surface area contributed by atoms with E-state index in [2.05, 4.69) is 10.00 Å². The monoisotopic (exact) mass is 398 g/mol. The molecule has 3 aromatic rings. The molecule has 146 valence electrons. The van der Waals surface area contributed by atoms with Crippen molar-refractivity contribution in [2.75, 3.05) is 26.2 Å². The molecule has 1 saturated heterocycles. The summed E-state index contributed by atoms with van der Waals surface area (Å²) >= 11 is 5.33. The fraction of sp³-hybridized carbons (Fsp3) is 0.350. The maximum atomic E-state index is 12.6. The van der Waals surface area contributed by atoms with Crippen LogP contribution in [0.1, 0.15) is 21.7 Å². The second-order valence-corrected chi connectivity index (χ2v) is 7.33. The smallest absolute Gasteiger partial charge is 0.288 e. The van der Waals surface area contributed by atoms with Crippen LogP contribution >= 0.6 is 12.2 Å². The Morgan fingerprint density at radius 2 is 1.82 bits per heavy atom. The summed E-state index contributed by atoms with van der Waals surface area (Å²) in [5.74, 6) is 1.20. The molecule has 0 bridgehead atoms. The fourth-order valence-electron chi connectivity index (χ4n) is 3.27. The highest BCUT2D eigenvalue weighted by molar-refractivity contribution is 7.71. The summed E-state index contributed by atoms with van der Waals surface area (Å²) in [7, 11) is 0. The molecule has 3 heterocycles. The molecular weight excluding hydrogens is 376 g/mol. The molecule has 1 amide bonds. The number of hydrogen-bond donors (Lipinski definition) is 0. The van der Waals surface area contributed by atoms with Crippen molar-refractivity contribution < 1.29 is 13.6 Å². The highest BCUT2D eigenvalue weighted by Gasteiger charge is 2.24. The number of carbonyl (C=O) groups is 1. The lowest BCUT2D eigenvalue weighted by Gasteiger charge is -2.34.